The molecule has 1 heterocycles. The van der Waals surface area contributed by atoms with Gasteiger partial charge in [-0.1, -0.05) is 145 Å². The summed E-state index contributed by atoms with van der Waals surface area (Å²) in [5.74, 6) is 0. The third kappa shape index (κ3) is 3.75. The Morgan fingerprint density at radius 2 is 0.911 bits per heavy atom. The first-order valence-electron chi connectivity index (χ1n) is 15.5. The Morgan fingerprint density at radius 3 is 1.80 bits per heavy atom. The highest BCUT2D eigenvalue weighted by molar-refractivity contribution is 7.99. The number of hydrogen-bond acceptors (Lipinski definition) is 1. The van der Waals surface area contributed by atoms with Crippen LogP contribution in [-0.2, 0) is 0 Å². The summed E-state index contributed by atoms with van der Waals surface area (Å²) in [7, 11) is 0. The topological polar surface area (TPSA) is 0 Å². The van der Waals surface area contributed by atoms with Crippen LogP contribution in [0.25, 0.3) is 87.6 Å². The maximum Gasteiger partial charge on any atom is 0.0207 e. The first kappa shape index (κ1) is 25.0. The summed E-state index contributed by atoms with van der Waals surface area (Å²) in [4.78, 5) is 2.64. The molecule has 9 aromatic rings. The van der Waals surface area contributed by atoms with Gasteiger partial charge in [0.25, 0.3) is 0 Å². The van der Waals surface area contributed by atoms with E-state index in [1.54, 1.807) is 0 Å². The lowest BCUT2D eigenvalue weighted by Crippen LogP contribution is -1.95. The van der Waals surface area contributed by atoms with E-state index in [-0.39, 0.29) is 0 Å². The molecular formula is C44H26S. The highest BCUT2D eigenvalue weighted by Crippen LogP contribution is 2.50. The van der Waals surface area contributed by atoms with Crippen LogP contribution in [0.2, 0.25) is 0 Å². The summed E-state index contributed by atoms with van der Waals surface area (Å²) in [5.41, 5.74) is 10.2. The van der Waals surface area contributed by atoms with Gasteiger partial charge in [-0.3, -0.25) is 0 Å². The van der Waals surface area contributed by atoms with E-state index in [2.05, 4.69) is 158 Å². The van der Waals surface area contributed by atoms with Gasteiger partial charge >= 0.3 is 0 Å². The fourth-order valence-corrected chi connectivity index (χ4v) is 8.64. The molecule has 1 aliphatic rings. The standard InChI is InChI=1S/C44H26S/c1-2-7-27(8-3-1)34-22-24-41-44-36(34)13-6-14-37(44)39-26-32(19-23-40(39)45-41)31-11-5-12-33(25-31)35-20-17-30-16-15-28-9-4-10-29-18-21-38(35)43(30)42(28)29/h1-26H. The van der Waals surface area contributed by atoms with Gasteiger partial charge < -0.3 is 0 Å². The average molecular weight is 587 g/mol. The molecule has 0 unspecified atom stereocenters. The van der Waals surface area contributed by atoms with E-state index >= 15 is 0 Å². The molecule has 0 saturated carbocycles. The van der Waals surface area contributed by atoms with E-state index in [1.807, 2.05) is 11.8 Å². The zero-order valence-electron chi connectivity index (χ0n) is 24.4. The summed E-state index contributed by atoms with van der Waals surface area (Å²) in [6.07, 6.45) is 0. The van der Waals surface area contributed by atoms with Crippen LogP contribution < -0.4 is 0 Å². The summed E-state index contributed by atoms with van der Waals surface area (Å²) < 4.78 is 0. The zero-order valence-corrected chi connectivity index (χ0v) is 25.2. The molecule has 45 heavy (non-hydrogen) atoms. The Hall–Kier alpha value is -5.37. The molecule has 0 N–H and O–H groups in total. The van der Waals surface area contributed by atoms with Crippen molar-refractivity contribution < 1.29 is 0 Å². The fourth-order valence-electron chi connectivity index (χ4n) is 7.53. The van der Waals surface area contributed by atoms with Crippen LogP contribution >= 0.6 is 11.8 Å². The van der Waals surface area contributed by atoms with Crippen molar-refractivity contribution in [3.8, 4) is 44.5 Å². The van der Waals surface area contributed by atoms with Crippen LogP contribution in [0.4, 0.5) is 0 Å². The fraction of sp³-hybridized carbons (Fsp3) is 0. The van der Waals surface area contributed by atoms with Crippen LogP contribution in [-0.4, -0.2) is 0 Å². The van der Waals surface area contributed by atoms with Gasteiger partial charge in [-0.25, -0.2) is 0 Å². The Bertz CT molecular complexity index is 2600. The van der Waals surface area contributed by atoms with Crippen molar-refractivity contribution in [3.63, 3.8) is 0 Å². The maximum atomic E-state index is 2.40. The highest BCUT2D eigenvalue weighted by Gasteiger charge is 2.21. The Balaban J connectivity index is 1.12. The molecule has 0 aliphatic carbocycles. The third-order valence-corrected chi connectivity index (χ3v) is 10.7. The van der Waals surface area contributed by atoms with E-state index in [1.165, 1.54) is 97.4 Å². The van der Waals surface area contributed by atoms with Crippen molar-refractivity contribution in [2.45, 2.75) is 9.79 Å². The third-order valence-electron chi connectivity index (χ3n) is 9.61. The predicted octanol–water partition coefficient (Wildman–Crippen LogP) is 12.9. The smallest absolute Gasteiger partial charge is 0.0207 e. The lowest BCUT2D eigenvalue weighted by molar-refractivity contribution is 1.39. The van der Waals surface area contributed by atoms with Crippen molar-refractivity contribution in [2.24, 2.45) is 0 Å². The lowest BCUT2D eigenvalue weighted by Gasteiger charge is -2.22. The van der Waals surface area contributed by atoms with Gasteiger partial charge in [0.1, 0.15) is 0 Å². The molecule has 0 nitrogen and oxygen atoms in total. The number of fused-ring (bicyclic) bond motifs is 2. The van der Waals surface area contributed by atoms with Gasteiger partial charge in [0.15, 0.2) is 0 Å². The van der Waals surface area contributed by atoms with Crippen molar-refractivity contribution in [1.29, 1.82) is 0 Å². The van der Waals surface area contributed by atoms with E-state index < -0.39 is 0 Å². The summed E-state index contributed by atoms with van der Waals surface area (Å²) in [6.45, 7) is 0. The van der Waals surface area contributed by atoms with Crippen LogP contribution in [0.3, 0.4) is 0 Å². The van der Waals surface area contributed by atoms with Gasteiger partial charge in [-0.15, -0.1) is 0 Å². The molecule has 0 amide bonds. The minimum Gasteiger partial charge on any atom is -0.0888 e. The van der Waals surface area contributed by atoms with Crippen molar-refractivity contribution in [3.05, 3.63) is 158 Å². The minimum atomic E-state index is 1.24. The number of rotatable bonds is 3. The molecule has 9 aromatic carbocycles. The molecule has 0 bridgehead atoms. The molecule has 0 fully saturated rings. The maximum absolute atomic E-state index is 2.40. The molecule has 0 aromatic heterocycles. The first-order chi connectivity index (χ1) is 22.3. The van der Waals surface area contributed by atoms with Gasteiger partial charge in [-0.05, 0) is 106 Å². The number of hydrogen-bond donors (Lipinski definition) is 0. The highest BCUT2D eigenvalue weighted by atomic mass is 32.2. The summed E-state index contributed by atoms with van der Waals surface area (Å²) in [6, 6.07) is 58.5. The summed E-state index contributed by atoms with van der Waals surface area (Å²) >= 11 is 1.89. The second kappa shape index (κ2) is 9.56. The van der Waals surface area contributed by atoms with Crippen LogP contribution in [0.15, 0.2) is 168 Å². The normalized spacial score (nSPS) is 12.4. The van der Waals surface area contributed by atoms with Gasteiger partial charge in [0, 0.05) is 15.2 Å². The minimum absolute atomic E-state index is 1.24. The van der Waals surface area contributed by atoms with Crippen LogP contribution in [0, 0.1) is 0 Å². The molecule has 0 spiro atoms. The molecule has 0 radical (unpaired) electrons. The molecule has 10 rings (SSSR count). The van der Waals surface area contributed by atoms with Crippen molar-refractivity contribution in [1.82, 2.24) is 0 Å². The van der Waals surface area contributed by atoms with Crippen LogP contribution in [0.1, 0.15) is 0 Å². The SMILES string of the molecule is c1ccc(-c2ccc3c4c(cccc24)-c2cc(-c4cccc(-c5ccc6ccc7cccc8ccc5c6c78)c4)ccc2S3)cc1. The molecular weight excluding hydrogens is 561 g/mol. The predicted molar refractivity (Wildman–Crippen MR) is 194 cm³/mol. The zero-order chi connectivity index (χ0) is 29.5. The summed E-state index contributed by atoms with van der Waals surface area (Å²) in [5, 5.41) is 10.6. The second-order valence-electron chi connectivity index (χ2n) is 12.1. The Labute approximate surface area is 265 Å². The van der Waals surface area contributed by atoms with E-state index in [4.69, 9.17) is 0 Å². The van der Waals surface area contributed by atoms with Crippen molar-refractivity contribution in [2.75, 3.05) is 0 Å². The largest absolute Gasteiger partial charge is 0.0888 e. The van der Waals surface area contributed by atoms with Gasteiger partial charge in [0.2, 0.25) is 0 Å². The molecule has 208 valence electrons. The van der Waals surface area contributed by atoms with Crippen LogP contribution in [0.5, 0.6) is 0 Å². The Kier molecular flexibility index (Phi) is 5.31. The van der Waals surface area contributed by atoms with Gasteiger partial charge in [-0.2, -0.15) is 0 Å². The lowest BCUT2D eigenvalue weighted by atomic mass is 9.88. The monoisotopic (exact) mass is 586 g/mol. The van der Waals surface area contributed by atoms with E-state index in [9.17, 15) is 0 Å². The molecule has 0 saturated heterocycles. The first-order valence-corrected chi connectivity index (χ1v) is 16.3. The van der Waals surface area contributed by atoms with E-state index in [0.29, 0.717) is 0 Å². The van der Waals surface area contributed by atoms with Crippen molar-refractivity contribution >= 4 is 54.9 Å². The molecule has 0 atom stereocenters. The number of benzene rings is 9. The van der Waals surface area contributed by atoms with Gasteiger partial charge in [0.05, 0.1) is 0 Å². The quantitative estimate of drug-likeness (QED) is 0.186. The molecule has 1 aliphatic heterocycles. The Morgan fingerprint density at radius 1 is 0.289 bits per heavy atom. The molecule has 1 heteroatoms. The second-order valence-corrected chi connectivity index (χ2v) is 13.2. The van der Waals surface area contributed by atoms with E-state index in [0.717, 1.165) is 0 Å². The average Bonchev–Trinajstić information content (AvgIpc) is 3.11.